The maximum absolute atomic E-state index is 12.4. The molecule has 3 rings (SSSR count). The van der Waals surface area contributed by atoms with E-state index in [-0.39, 0.29) is 29.7 Å². The third-order valence-corrected chi connectivity index (χ3v) is 5.23. The van der Waals surface area contributed by atoms with Crippen molar-refractivity contribution >= 4 is 18.0 Å². The minimum Gasteiger partial charge on any atom is -0.490 e. The van der Waals surface area contributed by atoms with Gasteiger partial charge in [0.25, 0.3) is 5.91 Å². The third-order valence-electron chi connectivity index (χ3n) is 5.23. The second-order valence-corrected chi connectivity index (χ2v) is 7.55. The highest BCUT2D eigenvalue weighted by atomic mass is 16.5. The van der Waals surface area contributed by atoms with Gasteiger partial charge in [-0.1, -0.05) is 31.0 Å². The lowest BCUT2D eigenvalue weighted by atomic mass is 10.1. The van der Waals surface area contributed by atoms with Crippen molar-refractivity contribution in [2.45, 2.75) is 45.3 Å². The lowest BCUT2D eigenvalue weighted by Gasteiger charge is -2.13. The van der Waals surface area contributed by atoms with Crippen molar-refractivity contribution in [3.63, 3.8) is 0 Å². The summed E-state index contributed by atoms with van der Waals surface area (Å²) in [5, 5.41) is 21.4. The predicted octanol–water partition coefficient (Wildman–Crippen LogP) is 4.33. The van der Waals surface area contributed by atoms with Gasteiger partial charge >= 0.3 is 5.97 Å². The first-order valence-corrected chi connectivity index (χ1v) is 10.6. The molecule has 0 bridgehead atoms. The average molecular weight is 434 g/mol. The van der Waals surface area contributed by atoms with E-state index in [1.807, 2.05) is 13.0 Å². The second-order valence-electron chi connectivity index (χ2n) is 7.55. The number of carbonyl (C=O) groups is 2. The predicted molar refractivity (Wildman–Crippen MR) is 119 cm³/mol. The highest BCUT2D eigenvalue weighted by Crippen LogP contribution is 2.30. The quantitative estimate of drug-likeness (QED) is 0.449. The van der Waals surface area contributed by atoms with Crippen molar-refractivity contribution in [1.82, 2.24) is 5.32 Å². The smallest absolute Gasteiger partial charge is 0.335 e. The first-order chi connectivity index (χ1) is 15.5. The number of rotatable bonds is 9. The molecule has 0 unspecified atom stereocenters. The van der Waals surface area contributed by atoms with Gasteiger partial charge in [0, 0.05) is 6.04 Å². The van der Waals surface area contributed by atoms with Crippen LogP contribution in [-0.4, -0.2) is 29.6 Å². The van der Waals surface area contributed by atoms with E-state index in [0.29, 0.717) is 23.7 Å². The molecule has 166 valence electrons. The zero-order valence-corrected chi connectivity index (χ0v) is 18.0. The molecule has 7 heteroatoms. The summed E-state index contributed by atoms with van der Waals surface area (Å²) in [5.74, 6) is -0.326. The average Bonchev–Trinajstić information content (AvgIpc) is 3.30. The normalized spacial score (nSPS) is 13.9. The summed E-state index contributed by atoms with van der Waals surface area (Å²) in [5.41, 5.74) is 1.73. The van der Waals surface area contributed by atoms with Gasteiger partial charge in [-0.2, -0.15) is 5.26 Å². The van der Waals surface area contributed by atoms with Crippen molar-refractivity contribution in [3.8, 4) is 17.6 Å². The van der Waals surface area contributed by atoms with E-state index >= 15 is 0 Å². The number of hydrogen-bond donors (Lipinski definition) is 2. The summed E-state index contributed by atoms with van der Waals surface area (Å²) in [6.45, 7) is 2.51. The molecule has 2 aromatic carbocycles. The van der Waals surface area contributed by atoms with Crippen LogP contribution >= 0.6 is 0 Å². The van der Waals surface area contributed by atoms with Crippen LogP contribution in [0.1, 0.15) is 54.1 Å². The molecule has 0 saturated heterocycles. The van der Waals surface area contributed by atoms with E-state index in [1.54, 1.807) is 36.4 Å². The molecule has 1 fully saturated rings. The van der Waals surface area contributed by atoms with Crippen LogP contribution in [-0.2, 0) is 11.4 Å². The maximum atomic E-state index is 12.4. The fraction of sp³-hybridized carbons (Fsp3) is 0.320. The van der Waals surface area contributed by atoms with E-state index in [2.05, 4.69) is 5.32 Å². The van der Waals surface area contributed by atoms with Crippen LogP contribution in [0.5, 0.6) is 11.5 Å². The van der Waals surface area contributed by atoms with Crippen molar-refractivity contribution in [3.05, 3.63) is 64.7 Å². The Hall–Kier alpha value is -3.79. The minimum atomic E-state index is -0.978. The summed E-state index contributed by atoms with van der Waals surface area (Å²) in [6, 6.07) is 13.8. The van der Waals surface area contributed by atoms with E-state index in [9.17, 15) is 14.9 Å². The number of hydrogen-bond acceptors (Lipinski definition) is 5. The summed E-state index contributed by atoms with van der Waals surface area (Å²) < 4.78 is 11.5. The van der Waals surface area contributed by atoms with Crippen LogP contribution in [0.3, 0.4) is 0 Å². The number of aromatic carboxylic acids is 1. The molecule has 1 amide bonds. The summed E-state index contributed by atoms with van der Waals surface area (Å²) >= 11 is 0. The topological polar surface area (TPSA) is 109 Å². The Morgan fingerprint density at radius 3 is 2.47 bits per heavy atom. The number of carboxylic acid groups (broad SMARTS) is 1. The summed E-state index contributed by atoms with van der Waals surface area (Å²) in [6.07, 6.45) is 5.63. The maximum Gasteiger partial charge on any atom is 0.335 e. The Balaban J connectivity index is 1.72. The first-order valence-electron chi connectivity index (χ1n) is 10.6. The van der Waals surface area contributed by atoms with Gasteiger partial charge in [0.2, 0.25) is 0 Å². The molecule has 0 spiro atoms. The fourth-order valence-corrected chi connectivity index (χ4v) is 3.56. The van der Waals surface area contributed by atoms with Crippen molar-refractivity contribution in [2.24, 2.45) is 0 Å². The zero-order valence-electron chi connectivity index (χ0n) is 18.0. The molecule has 1 aliphatic carbocycles. The van der Waals surface area contributed by atoms with Crippen molar-refractivity contribution < 1.29 is 24.2 Å². The Kier molecular flexibility index (Phi) is 7.87. The SMILES string of the molecule is CCOc1cc(/C=C(/C#N)C(=O)NC2CCCC2)ccc1OCc1ccc(C(=O)O)cc1. The van der Waals surface area contributed by atoms with E-state index in [4.69, 9.17) is 14.6 Å². The highest BCUT2D eigenvalue weighted by Gasteiger charge is 2.19. The summed E-state index contributed by atoms with van der Waals surface area (Å²) in [7, 11) is 0. The van der Waals surface area contributed by atoms with Crippen LogP contribution in [0.15, 0.2) is 48.0 Å². The zero-order chi connectivity index (χ0) is 22.9. The van der Waals surface area contributed by atoms with Gasteiger partial charge in [-0.05, 0) is 61.2 Å². The number of nitrogens with zero attached hydrogens (tertiary/aromatic N) is 1. The monoisotopic (exact) mass is 434 g/mol. The molecular weight excluding hydrogens is 408 g/mol. The minimum absolute atomic E-state index is 0.0477. The molecule has 0 aromatic heterocycles. The molecular formula is C25H26N2O5. The number of benzene rings is 2. The van der Waals surface area contributed by atoms with Crippen LogP contribution < -0.4 is 14.8 Å². The van der Waals surface area contributed by atoms with Gasteiger partial charge in [-0.15, -0.1) is 0 Å². The fourth-order valence-electron chi connectivity index (χ4n) is 3.56. The highest BCUT2D eigenvalue weighted by molar-refractivity contribution is 6.01. The van der Waals surface area contributed by atoms with Gasteiger partial charge in [0.1, 0.15) is 18.2 Å². The Morgan fingerprint density at radius 2 is 1.84 bits per heavy atom. The Bertz CT molecular complexity index is 1030. The number of carbonyl (C=O) groups excluding carboxylic acids is 1. The van der Waals surface area contributed by atoms with Gasteiger partial charge in [0.05, 0.1) is 12.2 Å². The second kappa shape index (κ2) is 11.0. The molecule has 7 nitrogen and oxygen atoms in total. The van der Waals surface area contributed by atoms with Crippen LogP contribution in [0.2, 0.25) is 0 Å². The standard InChI is InChI=1S/C25H26N2O5/c1-2-31-23-14-18(13-20(15-26)24(28)27-21-5-3-4-6-21)9-12-22(23)32-16-17-7-10-19(11-8-17)25(29)30/h7-14,21H,2-6,16H2,1H3,(H,27,28)(H,29,30)/b20-13-. The van der Waals surface area contributed by atoms with Crippen molar-refractivity contribution in [1.29, 1.82) is 5.26 Å². The lowest BCUT2D eigenvalue weighted by Crippen LogP contribution is -2.33. The van der Waals surface area contributed by atoms with E-state index in [0.717, 1.165) is 31.2 Å². The molecule has 32 heavy (non-hydrogen) atoms. The molecule has 2 aromatic rings. The van der Waals surface area contributed by atoms with Gasteiger partial charge in [-0.3, -0.25) is 4.79 Å². The van der Waals surface area contributed by atoms with Gasteiger partial charge < -0.3 is 19.9 Å². The molecule has 1 saturated carbocycles. The lowest BCUT2D eigenvalue weighted by molar-refractivity contribution is -0.117. The Morgan fingerprint density at radius 1 is 1.12 bits per heavy atom. The number of nitrogens with one attached hydrogen (secondary N) is 1. The van der Waals surface area contributed by atoms with Crippen LogP contribution in [0.4, 0.5) is 0 Å². The molecule has 0 atom stereocenters. The van der Waals surface area contributed by atoms with E-state index < -0.39 is 5.97 Å². The number of nitriles is 1. The van der Waals surface area contributed by atoms with E-state index in [1.165, 1.54) is 12.1 Å². The van der Waals surface area contributed by atoms with Gasteiger partial charge in [-0.25, -0.2) is 4.79 Å². The molecule has 0 heterocycles. The van der Waals surface area contributed by atoms with Crippen LogP contribution in [0, 0.1) is 11.3 Å². The first kappa shape index (κ1) is 22.9. The molecule has 1 aliphatic rings. The number of amides is 1. The Labute approximate surface area is 187 Å². The molecule has 0 radical (unpaired) electrons. The van der Waals surface area contributed by atoms with Crippen LogP contribution in [0.25, 0.3) is 6.08 Å². The molecule has 2 N–H and O–H groups in total. The molecule has 0 aliphatic heterocycles. The number of carboxylic acids is 1. The van der Waals surface area contributed by atoms with Crippen molar-refractivity contribution in [2.75, 3.05) is 6.61 Å². The largest absolute Gasteiger partial charge is 0.490 e. The number of ether oxygens (including phenoxy) is 2. The summed E-state index contributed by atoms with van der Waals surface area (Å²) in [4.78, 5) is 23.4. The van der Waals surface area contributed by atoms with Gasteiger partial charge in [0.15, 0.2) is 11.5 Å². The third kappa shape index (κ3) is 6.11.